The van der Waals surface area contributed by atoms with Crippen molar-refractivity contribution in [1.82, 2.24) is 4.90 Å². The highest BCUT2D eigenvalue weighted by atomic mass is 16.2. The van der Waals surface area contributed by atoms with Crippen LogP contribution >= 0.6 is 0 Å². The summed E-state index contributed by atoms with van der Waals surface area (Å²) in [5, 5.41) is 0. The predicted molar refractivity (Wildman–Crippen MR) is 61.9 cm³/mol. The van der Waals surface area contributed by atoms with E-state index >= 15 is 0 Å². The summed E-state index contributed by atoms with van der Waals surface area (Å²) in [4.78, 5) is 14.1. The van der Waals surface area contributed by atoms with Crippen molar-refractivity contribution in [3.05, 3.63) is 34.9 Å². The first-order valence-electron chi connectivity index (χ1n) is 5.86. The molecule has 1 heterocycles. The quantitative estimate of drug-likeness (QED) is 0.819. The number of hydrogen-bond acceptors (Lipinski definition) is 2. The second kappa shape index (κ2) is 3.32. The minimum atomic E-state index is -0.00641. The molecule has 1 aromatic rings. The van der Waals surface area contributed by atoms with Crippen LogP contribution in [0, 0.1) is 0 Å². The molecular weight excluding hydrogens is 200 g/mol. The van der Waals surface area contributed by atoms with Gasteiger partial charge in [-0.2, -0.15) is 0 Å². The fourth-order valence-corrected chi connectivity index (χ4v) is 2.31. The molecule has 0 aromatic heterocycles. The molecule has 1 unspecified atom stereocenters. The zero-order chi connectivity index (χ0) is 11.3. The average Bonchev–Trinajstić information content (AvgIpc) is 3.04. The van der Waals surface area contributed by atoms with Crippen molar-refractivity contribution < 1.29 is 4.79 Å². The van der Waals surface area contributed by atoms with E-state index in [4.69, 9.17) is 5.73 Å². The Balaban J connectivity index is 1.96. The lowest BCUT2D eigenvalue weighted by atomic mass is 10.0. The van der Waals surface area contributed by atoms with Gasteiger partial charge in [0.05, 0.1) is 0 Å². The molecule has 1 aromatic carbocycles. The summed E-state index contributed by atoms with van der Waals surface area (Å²) in [7, 11) is 0. The van der Waals surface area contributed by atoms with Gasteiger partial charge in [-0.3, -0.25) is 4.79 Å². The number of rotatable bonds is 2. The van der Waals surface area contributed by atoms with Gasteiger partial charge in [0.1, 0.15) is 0 Å². The van der Waals surface area contributed by atoms with Gasteiger partial charge in [0.2, 0.25) is 0 Å². The normalized spacial score (nSPS) is 21.1. The number of carbonyl (C=O) groups excluding carboxylic acids is 1. The lowest BCUT2D eigenvalue weighted by Crippen LogP contribution is -2.25. The molecule has 3 heteroatoms. The smallest absolute Gasteiger partial charge is 0.254 e. The lowest BCUT2D eigenvalue weighted by molar-refractivity contribution is 0.0766. The van der Waals surface area contributed by atoms with Crippen LogP contribution in [0.25, 0.3) is 0 Å². The summed E-state index contributed by atoms with van der Waals surface area (Å²) < 4.78 is 0. The molecule has 0 spiro atoms. The van der Waals surface area contributed by atoms with Crippen molar-refractivity contribution in [1.29, 1.82) is 0 Å². The van der Waals surface area contributed by atoms with E-state index in [0.29, 0.717) is 6.04 Å². The summed E-state index contributed by atoms with van der Waals surface area (Å²) in [5.74, 6) is 0.194. The Bertz CT molecular complexity index is 449. The van der Waals surface area contributed by atoms with Gasteiger partial charge in [0, 0.05) is 24.2 Å². The second-order valence-corrected chi connectivity index (χ2v) is 4.87. The monoisotopic (exact) mass is 216 g/mol. The van der Waals surface area contributed by atoms with Crippen LogP contribution in [0.1, 0.15) is 47.3 Å². The van der Waals surface area contributed by atoms with Crippen molar-refractivity contribution in [2.75, 3.05) is 0 Å². The third kappa shape index (κ3) is 1.43. The van der Waals surface area contributed by atoms with Gasteiger partial charge in [-0.15, -0.1) is 0 Å². The minimum Gasteiger partial charge on any atom is -0.331 e. The standard InChI is InChI=1S/C13H16N2O/c1-8(14)9-2-3-10-7-15(11-4-5-11)13(16)12(10)6-9/h2-3,6,8,11H,4-5,7,14H2,1H3. The molecule has 0 bridgehead atoms. The summed E-state index contributed by atoms with van der Waals surface area (Å²) in [6.45, 7) is 2.73. The Morgan fingerprint density at radius 3 is 2.81 bits per heavy atom. The van der Waals surface area contributed by atoms with E-state index in [2.05, 4.69) is 0 Å². The minimum absolute atomic E-state index is 0.00641. The first kappa shape index (κ1) is 9.85. The van der Waals surface area contributed by atoms with E-state index in [9.17, 15) is 4.79 Å². The van der Waals surface area contributed by atoms with Gasteiger partial charge in [-0.1, -0.05) is 12.1 Å². The van der Waals surface area contributed by atoms with Crippen molar-refractivity contribution in [3.8, 4) is 0 Å². The third-order valence-corrected chi connectivity index (χ3v) is 3.48. The Kier molecular flexibility index (Phi) is 2.04. The molecular formula is C13H16N2O. The molecule has 1 amide bonds. The van der Waals surface area contributed by atoms with Gasteiger partial charge in [-0.05, 0) is 37.0 Å². The van der Waals surface area contributed by atoms with Crippen LogP contribution in [0.4, 0.5) is 0 Å². The number of benzene rings is 1. The van der Waals surface area contributed by atoms with Gasteiger partial charge in [0.25, 0.3) is 5.91 Å². The highest BCUT2D eigenvalue weighted by Crippen LogP contribution is 2.35. The van der Waals surface area contributed by atoms with E-state index in [1.165, 1.54) is 12.8 Å². The molecule has 0 saturated heterocycles. The molecule has 1 fully saturated rings. The molecule has 3 nitrogen and oxygen atoms in total. The predicted octanol–water partition coefficient (Wildman–Crippen LogP) is 1.82. The molecule has 3 rings (SSSR count). The topological polar surface area (TPSA) is 46.3 Å². The maximum absolute atomic E-state index is 12.1. The first-order valence-corrected chi connectivity index (χ1v) is 5.86. The van der Waals surface area contributed by atoms with Crippen LogP contribution in [0.2, 0.25) is 0 Å². The molecule has 0 radical (unpaired) electrons. The zero-order valence-electron chi connectivity index (χ0n) is 9.44. The largest absolute Gasteiger partial charge is 0.331 e. The molecule has 1 aliphatic carbocycles. The summed E-state index contributed by atoms with van der Waals surface area (Å²) in [5.41, 5.74) is 8.90. The Labute approximate surface area is 95.2 Å². The zero-order valence-corrected chi connectivity index (χ0v) is 9.44. The lowest BCUT2D eigenvalue weighted by Gasteiger charge is -2.13. The van der Waals surface area contributed by atoms with Crippen molar-refractivity contribution in [3.63, 3.8) is 0 Å². The van der Waals surface area contributed by atoms with Crippen LogP contribution in [0.3, 0.4) is 0 Å². The van der Waals surface area contributed by atoms with Crippen LogP contribution in [0.5, 0.6) is 0 Å². The average molecular weight is 216 g/mol. The van der Waals surface area contributed by atoms with E-state index < -0.39 is 0 Å². The van der Waals surface area contributed by atoms with E-state index in [0.717, 1.165) is 23.2 Å². The fourth-order valence-electron chi connectivity index (χ4n) is 2.31. The Hall–Kier alpha value is -1.35. The second-order valence-electron chi connectivity index (χ2n) is 4.87. The summed E-state index contributed by atoms with van der Waals surface area (Å²) in [6, 6.07) is 6.54. The summed E-state index contributed by atoms with van der Waals surface area (Å²) >= 11 is 0. The maximum Gasteiger partial charge on any atom is 0.254 e. The summed E-state index contributed by atoms with van der Waals surface area (Å²) in [6.07, 6.45) is 2.33. The first-order chi connectivity index (χ1) is 7.66. The third-order valence-electron chi connectivity index (χ3n) is 3.48. The number of nitrogens with two attached hydrogens (primary N) is 1. The van der Waals surface area contributed by atoms with E-state index in [1.807, 2.05) is 30.0 Å². The van der Waals surface area contributed by atoms with Gasteiger partial charge in [-0.25, -0.2) is 0 Å². The van der Waals surface area contributed by atoms with Gasteiger partial charge >= 0.3 is 0 Å². The van der Waals surface area contributed by atoms with E-state index in [1.54, 1.807) is 0 Å². The number of fused-ring (bicyclic) bond motifs is 1. The van der Waals surface area contributed by atoms with Crippen LogP contribution < -0.4 is 5.73 Å². The molecule has 1 aliphatic heterocycles. The molecule has 16 heavy (non-hydrogen) atoms. The van der Waals surface area contributed by atoms with Gasteiger partial charge in [0.15, 0.2) is 0 Å². The number of nitrogens with zero attached hydrogens (tertiary/aromatic N) is 1. The van der Waals surface area contributed by atoms with Crippen LogP contribution in [-0.4, -0.2) is 16.8 Å². The SMILES string of the molecule is CC(N)c1ccc2c(c1)C(=O)N(C1CC1)C2. The highest BCUT2D eigenvalue weighted by molar-refractivity contribution is 5.98. The number of carbonyl (C=O) groups is 1. The van der Waals surface area contributed by atoms with Gasteiger partial charge < -0.3 is 10.6 Å². The Morgan fingerprint density at radius 1 is 1.44 bits per heavy atom. The highest BCUT2D eigenvalue weighted by Gasteiger charge is 2.38. The molecule has 84 valence electrons. The van der Waals surface area contributed by atoms with Crippen LogP contribution in [-0.2, 0) is 6.54 Å². The molecule has 2 N–H and O–H groups in total. The van der Waals surface area contributed by atoms with Crippen LogP contribution in [0.15, 0.2) is 18.2 Å². The molecule has 1 saturated carbocycles. The molecule has 1 atom stereocenters. The fraction of sp³-hybridized carbons (Fsp3) is 0.462. The molecule has 2 aliphatic rings. The Morgan fingerprint density at radius 2 is 2.19 bits per heavy atom. The van der Waals surface area contributed by atoms with Crippen molar-refractivity contribution in [2.24, 2.45) is 5.73 Å². The van der Waals surface area contributed by atoms with Crippen molar-refractivity contribution >= 4 is 5.91 Å². The van der Waals surface area contributed by atoms with Crippen molar-refractivity contribution in [2.45, 2.75) is 38.4 Å². The number of amides is 1. The maximum atomic E-state index is 12.1. The van der Waals surface area contributed by atoms with E-state index in [-0.39, 0.29) is 11.9 Å². The number of hydrogen-bond donors (Lipinski definition) is 1.